The standard InChI is InChI=1S/C12H16N2/c1-11(13)10-14-9-5-8-12-6-3-2-4-7-12/h2-4,6-7,11,14H,9-10,13H2,1H3. The minimum Gasteiger partial charge on any atom is -0.327 e. The van der Waals surface area contributed by atoms with Crippen molar-refractivity contribution in [3.8, 4) is 11.8 Å². The van der Waals surface area contributed by atoms with Crippen molar-refractivity contribution in [2.45, 2.75) is 13.0 Å². The molecule has 0 aromatic heterocycles. The quantitative estimate of drug-likeness (QED) is 0.548. The van der Waals surface area contributed by atoms with Crippen LogP contribution in [0.3, 0.4) is 0 Å². The highest BCUT2D eigenvalue weighted by molar-refractivity contribution is 5.33. The summed E-state index contributed by atoms with van der Waals surface area (Å²) in [4.78, 5) is 0. The maximum absolute atomic E-state index is 5.58. The van der Waals surface area contributed by atoms with Crippen molar-refractivity contribution in [3.05, 3.63) is 35.9 Å². The Kier molecular flexibility index (Phi) is 4.77. The third kappa shape index (κ3) is 4.66. The molecule has 14 heavy (non-hydrogen) atoms. The lowest BCUT2D eigenvalue weighted by Crippen LogP contribution is -2.31. The molecule has 1 unspecified atom stereocenters. The minimum absolute atomic E-state index is 0.188. The lowest BCUT2D eigenvalue weighted by atomic mass is 10.2. The molecule has 0 bridgehead atoms. The fourth-order valence-electron chi connectivity index (χ4n) is 1.03. The highest BCUT2D eigenvalue weighted by Gasteiger charge is 1.89. The highest BCUT2D eigenvalue weighted by atomic mass is 14.9. The predicted octanol–water partition coefficient (Wildman–Crippen LogP) is 0.975. The summed E-state index contributed by atoms with van der Waals surface area (Å²) in [6.07, 6.45) is 0. The van der Waals surface area contributed by atoms with Crippen LogP contribution in [0.2, 0.25) is 0 Å². The van der Waals surface area contributed by atoms with Gasteiger partial charge >= 0.3 is 0 Å². The first kappa shape index (κ1) is 10.8. The largest absolute Gasteiger partial charge is 0.327 e. The first-order valence-electron chi connectivity index (χ1n) is 4.79. The van der Waals surface area contributed by atoms with Crippen molar-refractivity contribution < 1.29 is 0 Å². The second-order valence-corrected chi connectivity index (χ2v) is 3.28. The second kappa shape index (κ2) is 6.20. The van der Waals surface area contributed by atoms with Crippen LogP contribution in [0.4, 0.5) is 0 Å². The Labute approximate surface area is 85.5 Å². The lowest BCUT2D eigenvalue weighted by Gasteiger charge is -2.02. The van der Waals surface area contributed by atoms with Crippen LogP contribution in [0.5, 0.6) is 0 Å². The zero-order valence-electron chi connectivity index (χ0n) is 8.46. The molecule has 2 heteroatoms. The van der Waals surface area contributed by atoms with E-state index >= 15 is 0 Å². The number of rotatable bonds is 3. The van der Waals surface area contributed by atoms with E-state index in [1.54, 1.807) is 0 Å². The molecule has 1 rings (SSSR count). The monoisotopic (exact) mass is 188 g/mol. The number of nitrogens with two attached hydrogens (primary N) is 1. The molecule has 3 N–H and O–H groups in total. The van der Waals surface area contributed by atoms with Crippen molar-refractivity contribution in [2.75, 3.05) is 13.1 Å². The van der Waals surface area contributed by atoms with Gasteiger partial charge in [-0.1, -0.05) is 30.0 Å². The Morgan fingerprint density at radius 1 is 1.36 bits per heavy atom. The summed E-state index contributed by atoms with van der Waals surface area (Å²) in [6, 6.07) is 10.1. The zero-order valence-corrected chi connectivity index (χ0v) is 8.46. The molecule has 0 aliphatic rings. The number of nitrogens with one attached hydrogen (secondary N) is 1. The number of benzene rings is 1. The Balaban J connectivity index is 2.28. The van der Waals surface area contributed by atoms with E-state index in [1.165, 1.54) is 0 Å². The van der Waals surface area contributed by atoms with E-state index in [0.29, 0.717) is 6.54 Å². The van der Waals surface area contributed by atoms with Crippen molar-refractivity contribution in [3.63, 3.8) is 0 Å². The molecule has 0 heterocycles. The topological polar surface area (TPSA) is 38.0 Å². The van der Waals surface area contributed by atoms with E-state index < -0.39 is 0 Å². The third-order valence-electron chi connectivity index (χ3n) is 1.69. The molecular weight excluding hydrogens is 172 g/mol. The van der Waals surface area contributed by atoms with Gasteiger partial charge in [0.25, 0.3) is 0 Å². The van der Waals surface area contributed by atoms with Gasteiger partial charge in [-0.25, -0.2) is 0 Å². The third-order valence-corrected chi connectivity index (χ3v) is 1.69. The molecule has 1 atom stereocenters. The van der Waals surface area contributed by atoms with Crippen LogP contribution in [0.25, 0.3) is 0 Å². The maximum atomic E-state index is 5.58. The molecule has 0 saturated heterocycles. The molecule has 1 aromatic carbocycles. The van der Waals surface area contributed by atoms with Crippen LogP contribution in [0.1, 0.15) is 12.5 Å². The van der Waals surface area contributed by atoms with E-state index in [0.717, 1.165) is 12.1 Å². The molecule has 1 aromatic rings. The smallest absolute Gasteiger partial charge is 0.0580 e. The summed E-state index contributed by atoms with van der Waals surface area (Å²) in [7, 11) is 0. The second-order valence-electron chi connectivity index (χ2n) is 3.28. The van der Waals surface area contributed by atoms with Crippen LogP contribution in [0.15, 0.2) is 30.3 Å². The minimum atomic E-state index is 0.188. The summed E-state index contributed by atoms with van der Waals surface area (Å²) in [5.41, 5.74) is 6.63. The zero-order chi connectivity index (χ0) is 10.2. The van der Waals surface area contributed by atoms with Gasteiger partial charge in [-0.2, -0.15) is 0 Å². The Hall–Kier alpha value is -1.30. The van der Waals surface area contributed by atoms with Gasteiger partial charge in [-0.05, 0) is 19.1 Å². The average molecular weight is 188 g/mol. The predicted molar refractivity (Wildman–Crippen MR) is 59.8 cm³/mol. The van der Waals surface area contributed by atoms with Crippen LogP contribution in [-0.2, 0) is 0 Å². The van der Waals surface area contributed by atoms with E-state index in [2.05, 4.69) is 17.2 Å². The number of hydrogen-bond acceptors (Lipinski definition) is 2. The molecular formula is C12H16N2. The lowest BCUT2D eigenvalue weighted by molar-refractivity contribution is 0.646. The van der Waals surface area contributed by atoms with Gasteiger partial charge in [0.2, 0.25) is 0 Å². The molecule has 0 radical (unpaired) electrons. The van der Waals surface area contributed by atoms with E-state index in [4.69, 9.17) is 5.73 Å². The van der Waals surface area contributed by atoms with Crippen molar-refractivity contribution in [1.82, 2.24) is 5.32 Å². The molecule has 2 nitrogen and oxygen atoms in total. The Morgan fingerprint density at radius 2 is 2.07 bits per heavy atom. The first-order chi connectivity index (χ1) is 6.79. The fraction of sp³-hybridized carbons (Fsp3) is 0.333. The van der Waals surface area contributed by atoms with Gasteiger partial charge in [-0.15, -0.1) is 0 Å². The van der Waals surface area contributed by atoms with Crippen LogP contribution in [0, 0.1) is 11.8 Å². The molecule has 0 aliphatic heterocycles. The molecule has 0 amide bonds. The van der Waals surface area contributed by atoms with Crippen LogP contribution >= 0.6 is 0 Å². The van der Waals surface area contributed by atoms with Crippen LogP contribution in [-0.4, -0.2) is 19.1 Å². The van der Waals surface area contributed by atoms with Gasteiger partial charge in [-0.3, -0.25) is 0 Å². The van der Waals surface area contributed by atoms with Gasteiger partial charge < -0.3 is 11.1 Å². The maximum Gasteiger partial charge on any atom is 0.0580 e. The fourth-order valence-corrected chi connectivity index (χ4v) is 1.03. The molecule has 0 fully saturated rings. The van der Waals surface area contributed by atoms with Gasteiger partial charge in [0, 0.05) is 18.2 Å². The van der Waals surface area contributed by atoms with E-state index in [1.807, 2.05) is 37.3 Å². The van der Waals surface area contributed by atoms with Crippen molar-refractivity contribution >= 4 is 0 Å². The van der Waals surface area contributed by atoms with Crippen molar-refractivity contribution in [2.24, 2.45) is 5.73 Å². The summed E-state index contributed by atoms with van der Waals surface area (Å²) in [5, 5.41) is 3.16. The highest BCUT2D eigenvalue weighted by Crippen LogP contribution is 1.93. The number of hydrogen-bond donors (Lipinski definition) is 2. The Bertz CT molecular complexity index is 306. The van der Waals surface area contributed by atoms with Crippen LogP contribution < -0.4 is 11.1 Å². The molecule has 0 saturated carbocycles. The normalized spacial score (nSPS) is 11.6. The van der Waals surface area contributed by atoms with Gasteiger partial charge in [0.05, 0.1) is 6.54 Å². The summed E-state index contributed by atoms with van der Waals surface area (Å²) in [5.74, 6) is 6.11. The average Bonchev–Trinajstić information content (AvgIpc) is 2.18. The van der Waals surface area contributed by atoms with Gasteiger partial charge in [0.1, 0.15) is 0 Å². The summed E-state index contributed by atoms with van der Waals surface area (Å²) in [6.45, 7) is 3.47. The first-order valence-corrected chi connectivity index (χ1v) is 4.79. The molecule has 0 aliphatic carbocycles. The van der Waals surface area contributed by atoms with E-state index in [-0.39, 0.29) is 6.04 Å². The van der Waals surface area contributed by atoms with E-state index in [9.17, 15) is 0 Å². The Morgan fingerprint density at radius 3 is 2.71 bits per heavy atom. The SMILES string of the molecule is CC(N)CNCC#Cc1ccccc1. The van der Waals surface area contributed by atoms with Crippen molar-refractivity contribution in [1.29, 1.82) is 0 Å². The van der Waals surface area contributed by atoms with Gasteiger partial charge in [0.15, 0.2) is 0 Å². The summed E-state index contributed by atoms with van der Waals surface area (Å²) < 4.78 is 0. The summed E-state index contributed by atoms with van der Waals surface area (Å²) >= 11 is 0. The molecule has 74 valence electrons. The molecule has 0 spiro atoms.